The lowest BCUT2D eigenvalue weighted by Crippen LogP contribution is -2.20. The third-order valence-electron chi connectivity index (χ3n) is 3.40. The van der Waals surface area contributed by atoms with Crippen molar-refractivity contribution in [3.05, 3.63) is 33.3 Å². The first kappa shape index (κ1) is 16.7. The minimum atomic E-state index is 0.803. The van der Waals surface area contributed by atoms with E-state index in [1.54, 1.807) is 7.11 Å². The van der Waals surface area contributed by atoms with Gasteiger partial charge in [-0.3, -0.25) is 0 Å². The predicted octanol–water partition coefficient (Wildman–Crippen LogP) is 4.01. The Kier molecular flexibility index (Phi) is 8.35. The molecule has 0 atom stereocenters. The molecule has 0 saturated carbocycles. The molecule has 0 aliphatic carbocycles. The quantitative estimate of drug-likeness (QED) is 0.692. The van der Waals surface area contributed by atoms with Crippen molar-refractivity contribution in [2.45, 2.75) is 39.5 Å². The molecule has 1 rings (SSSR count). The Balaban J connectivity index is 2.17. The van der Waals surface area contributed by atoms with Crippen LogP contribution in [0.1, 0.15) is 36.0 Å². The molecular weight excluding hydrogens is 302 g/mol. The molecule has 1 aromatic rings. The van der Waals surface area contributed by atoms with Crippen LogP contribution in [0.15, 0.2) is 16.6 Å². The first-order chi connectivity index (χ1) is 9.15. The van der Waals surface area contributed by atoms with Crippen LogP contribution in [0.25, 0.3) is 0 Å². The highest BCUT2D eigenvalue weighted by atomic mass is 79.9. The molecule has 0 saturated heterocycles. The van der Waals surface area contributed by atoms with E-state index in [1.807, 2.05) is 0 Å². The van der Waals surface area contributed by atoms with E-state index in [4.69, 9.17) is 4.74 Å². The fourth-order valence-corrected chi connectivity index (χ4v) is 2.61. The number of rotatable bonds is 9. The van der Waals surface area contributed by atoms with Gasteiger partial charge in [0.15, 0.2) is 0 Å². The molecule has 0 amide bonds. The van der Waals surface area contributed by atoms with E-state index < -0.39 is 0 Å². The third kappa shape index (κ3) is 6.55. The zero-order valence-electron chi connectivity index (χ0n) is 12.4. The lowest BCUT2D eigenvalue weighted by atomic mass is 10.00. The molecule has 0 spiro atoms. The van der Waals surface area contributed by atoms with Crippen molar-refractivity contribution in [3.63, 3.8) is 0 Å². The van der Waals surface area contributed by atoms with E-state index in [-0.39, 0.29) is 0 Å². The SMILES string of the molecule is COCCNCCCCCc1cc(C)c(Br)cc1C. The number of methoxy groups -OCH3 is 1. The second kappa shape index (κ2) is 9.51. The van der Waals surface area contributed by atoms with Crippen molar-refractivity contribution in [2.24, 2.45) is 0 Å². The van der Waals surface area contributed by atoms with Crippen molar-refractivity contribution in [1.82, 2.24) is 5.32 Å². The zero-order valence-corrected chi connectivity index (χ0v) is 14.0. The van der Waals surface area contributed by atoms with Gasteiger partial charge in [-0.25, -0.2) is 0 Å². The van der Waals surface area contributed by atoms with E-state index in [2.05, 4.69) is 47.2 Å². The molecule has 0 aliphatic rings. The lowest BCUT2D eigenvalue weighted by Gasteiger charge is -2.09. The molecule has 0 aromatic heterocycles. The molecule has 0 heterocycles. The minimum Gasteiger partial charge on any atom is -0.383 e. The summed E-state index contributed by atoms with van der Waals surface area (Å²) in [6.07, 6.45) is 5.00. The minimum absolute atomic E-state index is 0.803. The van der Waals surface area contributed by atoms with Crippen LogP contribution in [0, 0.1) is 13.8 Å². The Labute approximate surface area is 126 Å². The molecule has 0 radical (unpaired) electrons. The molecule has 2 nitrogen and oxygen atoms in total. The highest BCUT2D eigenvalue weighted by Crippen LogP contribution is 2.22. The number of ether oxygens (including phenoxy) is 1. The van der Waals surface area contributed by atoms with E-state index in [1.165, 1.54) is 46.8 Å². The Morgan fingerprint density at radius 1 is 1.05 bits per heavy atom. The molecule has 19 heavy (non-hydrogen) atoms. The first-order valence-electron chi connectivity index (χ1n) is 7.10. The fourth-order valence-electron chi connectivity index (χ4n) is 2.15. The van der Waals surface area contributed by atoms with Crippen LogP contribution in [0.3, 0.4) is 0 Å². The molecule has 108 valence electrons. The number of benzene rings is 1. The Bertz CT molecular complexity index is 379. The maximum atomic E-state index is 5.00. The van der Waals surface area contributed by atoms with E-state index >= 15 is 0 Å². The summed E-state index contributed by atoms with van der Waals surface area (Å²) < 4.78 is 6.21. The summed E-state index contributed by atoms with van der Waals surface area (Å²) in [5, 5.41) is 3.38. The van der Waals surface area contributed by atoms with Crippen LogP contribution in [0.5, 0.6) is 0 Å². The molecular formula is C16H26BrNO. The number of aryl methyl sites for hydroxylation is 3. The van der Waals surface area contributed by atoms with Crippen molar-refractivity contribution in [2.75, 3.05) is 26.8 Å². The van der Waals surface area contributed by atoms with Crippen molar-refractivity contribution in [1.29, 1.82) is 0 Å². The Hall–Kier alpha value is -0.380. The zero-order chi connectivity index (χ0) is 14.1. The number of hydrogen-bond donors (Lipinski definition) is 1. The Morgan fingerprint density at radius 3 is 2.58 bits per heavy atom. The van der Waals surface area contributed by atoms with Gasteiger partial charge in [0.1, 0.15) is 0 Å². The number of hydrogen-bond acceptors (Lipinski definition) is 2. The smallest absolute Gasteiger partial charge is 0.0587 e. The van der Waals surface area contributed by atoms with E-state index in [0.717, 1.165) is 19.7 Å². The number of halogens is 1. The van der Waals surface area contributed by atoms with Crippen LogP contribution in [0.4, 0.5) is 0 Å². The normalized spacial score (nSPS) is 10.9. The van der Waals surface area contributed by atoms with Gasteiger partial charge in [0.05, 0.1) is 6.61 Å². The van der Waals surface area contributed by atoms with Crippen LogP contribution >= 0.6 is 15.9 Å². The molecule has 3 heteroatoms. The van der Waals surface area contributed by atoms with Gasteiger partial charge >= 0.3 is 0 Å². The second-order valence-electron chi connectivity index (χ2n) is 5.08. The van der Waals surface area contributed by atoms with Gasteiger partial charge < -0.3 is 10.1 Å². The van der Waals surface area contributed by atoms with Gasteiger partial charge in [-0.15, -0.1) is 0 Å². The van der Waals surface area contributed by atoms with Crippen LogP contribution < -0.4 is 5.32 Å². The van der Waals surface area contributed by atoms with Crippen molar-refractivity contribution >= 4 is 15.9 Å². The summed E-state index contributed by atoms with van der Waals surface area (Å²) in [5.41, 5.74) is 4.23. The summed E-state index contributed by atoms with van der Waals surface area (Å²) in [6.45, 7) is 7.22. The summed E-state index contributed by atoms with van der Waals surface area (Å²) in [6, 6.07) is 4.55. The van der Waals surface area contributed by atoms with Gasteiger partial charge in [0.25, 0.3) is 0 Å². The van der Waals surface area contributed by atoms with Gasteiger partial charge in [-0.1, -0.05) is 28.4 Å². The topological polar surface area (TPSA) is 21.3 Å². The first-order valence-corrected chi connectivity index (χ1v) is 7.89. The van der Waals surface area contributed by atoms with Gasteiger partial charge in [0, 0.05) is 18.1 Å². The predicted molar refractivity (Wildman–Crippen MR) is 85.9 cm³/mol. The highest BCUT2D eigenvalue weighted by Gasteiger charge is 2.02. The lowest BCUT2D eigenvalue weighted by molar-refractivity contribution is 0.199. The van der Waals surface area contributed by atoms with E-state index in [0.29, 0.717) is 0 Å². The molecule has 0 bridgehead atoms. The maximum Gasteiger partial charge on any atom is 0.0587 e. The van der Waals surface area contributed by atoms with Crippen molar-refractivity contribution in [3.8, 4) is 0 Å². The number of nitrogens with one attached hydrogen (secondary N) is 1. The van der Waals surface area contributed by atoms with Gasteiger partial charge in [-0.2, -0.15) is 0 Å². The largest absolute Gasteiger partial charge is 0.383 e. The van der Waals surface area contributed by atoms with Gasteiger partial charge in [-0.05, 0) is 62.4 Å². The highest BCUT2D eigenvalue weighted by molar-refractivity contribution is 9.10. The average molecular weight is 328 g/mol. The molecule has 1 N–H and O–H groups in total. The molecule has 0 aliphatic heterocycles. The van der Waals surface area contributed by atoms with Crippen LogP contribution in [-0.2, 0) is 11.2 Å². The molecule has 0 fully saturated rings. The summed E-state index contributed by atoms with van der Waals surface area (Å²) in [4.78, 5) is 0. The monoisotopic (exact) mass is 327 g/mol. The summed E-state index contributed by atoms with van der Waals surface area (Å²) >= 11 is 3.58. The summed E-state index contributed by atoms with van der Waals surface area (Å²) in [5.74, 6) is 0. The molecule has 0 unspecified atom stereocenters. The Morgan fingerprint density at radius 2 is 1.84 bits per heavy atom. The van der Waals surface area contributed by atoms with Crippen molar-refractivity contribution < 1.29 is 4.74 Å². The number of unbranched alkanes of at least 4 members (excludes halogenated alkanes) is 2. The third-order valence-corrected chi connectivity index (χ3v) is 4.25. The standard InChI is InChI=1S/C16H26BrNO/c1-13-12-16(17)14(2)11-15(13)7-5-4-6-8-18-9-10-19-3/h11-12,18H,4-10H2,1-3H3. The maximum absolute atomic E-state index is 5.00. The summed E-state index contributed by atoms with van der Waals surface area (Å²) in [7, 11) is 1.74. The average Bonchev–Trinajstić information content (AvgIpc) is 2.38. The van der Waals surface area contributed by atoms with Crippen LogP contribution in [-0.4, -0.2) is 26.8 Å². The van der Waals surface area contributed by atoms with E-state index in [9.17, 15) is 0 Å². The molecule has 1 aromatic carbocycles. The second-order valence-corrected chi connectivity index (χ2v) is 5.94. The van der Waals surface area contributed by atoms with Crippen LogP contribution in [0.2, 0.25) is 0 Å². The fraction of sp³-hybridized carbons (Fsp3) is 0.625. The van der Waals surface area contributed by atoms with Gasteiger partial charge in [0.2, 0.25) is 0 Å².